The van der Waals surface area contributed by atoms with E-state index >= 15 is 0 Å². The Morgan fingerprint density at radius 3 is 2.65 bits per heavy atom. The van der Waals surface area contributed by atoms with Gasteiger partial charge in [0.15, 0.2) is 0 Å². The molecule has 3 amide bonds. The first kappa shape index (κ1) is 20.3. The summed E-state index contributed by atoms with van der Waals surface area (Å²) >= 11 is 0. The van der Waals surface area contributed by atoms with Gasteiger partial charge in [0, 0.05) is 25.5 Å². The minimum absolute atomic E-state index is 0.0529. The third kappa shape index (κ3) is 4.30. The number of hydrogen-bond donors (Lipinski definition) is 2. The number of fused-ring (bicyclic) bond motifs is 1. The van der Waals surface area contributed by atoms with E-state index in [0.717, 1.165) is 5.56 Å². The van der Waals surface area contributed by atoms with Crippen molar-refractivity contribution in [3.8, 4) is 11.3 Å². The second-order valence-electron chi connectivity index (χ2n) is 7.13. The number of imidazole rings is 1. The maximum atomic E-state index is 13.1. The summed E-state index contributed by atoms with van der Waals surface area (Å²) in [6.07, 6.45) is 1.47. The maximum Gasteiger partial charge on any atom is 0.244 e. The smallest absolute Gasteiger partial charge is 0.244 e. The summed E-state index contributed by atoms with van der Waals surface area (Å²) in [5.74, 6) is -0.984. The predicted molar refractivity (Wildman–Crippen MR) is 114 cm³/mol. The Morgan fingerprint density at radius 1 is 1.13 bits per heavy atom. The summed E-state index contributed by atoms with van der Waals surface area (Å²) < 4.78 is 14.8. The second-order valence-corrected chi connectivity index (χ2v) is 7.13. The van der Waals surface area contributed by atoms with Gasteiger partial charge in [0.05, 0.1) is 23.3 Å². The van der Waals surface area contributed by atoms with E-state index in [1.807, 2.05) is 0 Å². The van der Waals surface area contributed by atoms with Crippen molar-refractivity contribution in [2.45, 2.75) is 12.8 Å². The molecular formula is C22H20FN5O3. The van der Waals surface area contributed by atoms with E-state index in [1.165, 1.54) is 17.0 Å². The lowest BCUT2D eigenvalue weighted by atomic mass is 10.1. The van der Waals surface area contributed by atoms with E-state index in [0.29, 0.717) is 23.0 Å². The Kier molecular flexibility index (Phi) is 5.48. The van der Waals surface area contributed by atoms with Crippen LogP contribution in [-0.2, 0) is 21.4 Å². The molecule has 31 heavy (non-hydrogen) atoms. The van der Waals surface area contributed by atoms with Crippen LogP contribution in [0, 0.1) is 5.82 Å². The average Bonchev–Trinajstić information content (AvgIpc) is 3.12. The fourth-order valence-electron chi connectivity index (χ4n) is 3.41. The van der Waals surface area contributed by atoms with E-state index in [4.69, 9.17) is 0 Å². The molecule has 1 aromatic heterocycles. The second kappa shape index (κ2) is 8.39. The van der Waals surface area contributed by atoms with Crippen LogP contribution in [0.4, 0.5) is 21.7 Å². The number of halogens is 1. The van der Waals surface area contributed by atoms with Crippen molar-refractivity contribution in [1.82, 2.24) is 9.55 Å². The van der Waals surface area contributed by atoms with Crippen LogP contribution < -0.4 is 15.5 Å². The summed E-state index contributed by atoms with van der Waals surface area (Å²) in [4.78, 5) is 42.5. The van der Waals surface area contributed by atoms with Gasteiger partial charge in [0.2, 0.25) is 23.7 Å². The average molecular weight is 421 g/mol. The molecule has 4 rings (SSSR count). The minimum atomic E-state index is -0.373. The van der Waals surface area contributed by atoms with Crippen LogP contribution in [0.25, 0.3) is 11.3 Å². The highest BCUT2D eigenvalue weighted by molar-refractivity contribution is 6.10. The molecule has 0 aliphatic carbocycles. The van der Waals surface area contributed by atoms with Gasteiger partial charge in [-0.1, -0.05) is 12.1 Å². The zero-order valence-corrected chi connectivity index (χ0v) is 16.8. The third-order valence-electron chi connectivity index (χ3n) is 5.02. The van der Waals surface area contributed by atoms with Crippen molar-refractivity contribution >= 4 is 35.0 Å². The number of nitrogens with one attached hydrogen (secondary N) is 2. The first-order valence-electron chi connectivity index (χ1n) is 9.69. The number of nitrogens with zero attached hydrogens (tertiary/aromatic N) is 3. The van der Waals surface area contributed by atoms with Crippen LogP contribution in [-0.4, -0.2) is 33.8 Å². The van der Waals surface area contributed by atoms with Crippen molar-refractivity contribution in [3.05, 3.63) is 60.5 Å². The number of para-hydroxylation sites is 2. The number of amides is 3. The summed E-state index contributed by atoms with van der Waals surface area (Å²) in [6, 6.07) is 13.0. The van der Waals surface area contributed by atoms with Gasteiger partial charge in [-0.2, -0.15) is 0 Å². The first-order valence-corrected chi connectivity index (χ1v) is 9.69. The van der Waals surface area contributed by atoms with Gasteiger partial charge >= 0.3 is 0 Å². The zero-order chi connectivity index (χ0) is 22.0. The van der Waals surface area contributed by atoms with Crippen LogP contribution in [0.3, 0.4) is 0 Å². The van der Waals surface area contributed by atoms with Crippen LogP contribution in [0.1, 0.15) is 12.8 Å². The SMILES string of the molecule is Cn1c(-c2ccc(F)cc2)cnc1NC(=O)CCC(=O)N1CC(=O)Nc2ccccc21. The molecule has 2 aromatic carbocycles. The molecule has 0 saturated carbocycles. The Bertz CT molecular complexity index is 1160. The number of aromatic nitrogens is 2. The normalized spacial score (nSPS) is 12.8. The fraction of sp³-hybridized carbons (Fsp3) is 0.182. The summed E-state index contributed by atoms with van der Waals surface area (Å²) in [5, 5.41) is 5.41. The number of hydrogen-bond acceptors (Lipinski definition) is 4. The molecule has 158 valence electrons. The van der Waals surface area contributed by atoms with Crippen LogP contribution >= 0.6 is 0 Å². The van der Waals surface area contributed by atoms with E-state index in [2.05, 4.69) is 15.6 Å². The molecular weight excluding hydrogens is 401 g/mol. The number of carbonyl (C=O) groups excluding carboxylic acids is 3. The van der Waals surface area contributed by atoms with Gasteiger partial charge in [0.25, 0.3) is 0 Å². The first-order chi connectivity index (χ1) is 14.9. The molecule has 0 bridgehead atoms. The van der Waals surface area contributed by atoms with E-state index in [9.17, 15) is 18.8 Å². The van der Waals surface area contributed by atoms with E-state index < -0.39 is 0 Å². The lowest BCUT2D eigenvalue weighted by Gasteiger charge is -2.29. The Labute approximate surface area is 177 Å². The van der Waals surface area contributed by atoms with Crippen molar-refractivity contribution in [2.24, 2.45) is 7.05 Å². The monoisotopic (exact) mass is 421 g/mol. The maximum absolute atomic E-state index is 13.1. The molecule has 2 heterocycles. The topological polar surface area (TPSA) is 96.3 Å². The van der Waals surface area contributed by atoms with E-state index in [-0.39, 0.29) is 42.9 Å². The van der Waals surface area contributed by atoms with Crippen LogP contribution in [0.2, 0.25) is 0 Å². The molecule has 2 N–H and O–H groups in total. The predicted octanol–water partition coefficient (Wildman–Crippen LogP) is 2.93. The molecule has 0 spiro atoms. The molecule has 0 fully saturated rings. The number of anilines is 3. The van der Waals surface area contributed by atoms with Gasteiger partial charge in [0.1, 0.15) is 12.4 Å². The van der Waals surface area contributed by atoms with Crippen molar-refractivity contribution in [2.75, 3.05) is 22.1 Å². The fourth-order valence-corrected chi connectivity index (χ4v) is 3.41. The Morgan fingerprint density at radius 2 is 1.87 bits per heavy atom. The van der Waals surface area contributed by atoms with Gasteiger partial charge in [-0.3, -0.25) is 19.7 Å². The molecule has 1 aliphatic rings. The van der Waals surface area contributed by atoms with Crippen molar-refractivity contribution in [3.63, 3.8) is 0 Å². The third-order valence-corrected chi connectivity index (χ3v) is 5.02. The minimum Gasteiger partial charge on any atom is -0.323 e. The Balaban J connectivity index is 1.38. The molecule has 8 nitrogen and oxygen atoms in total. The highest BCUT2D eigenvalue weighted by Crippen LogP contribution is 2.29. The number of rotatable bonds is 5. The lowest BCUT2D eigenvalue weighted by molar-refractivity contribution is -0.124. The lowest BCUT2D eigenvalue weighted by Crippen LogP contribution is -2.42. The summed E-state index contributed by atoms with van der Waals surface area (Å²) in [6.45, 7) is -0.0855. The van der Waals surface area contributed by atoms with Gasteiger partial charge in [-0.25, -0.2) is 9.37 Å². The summed E-state index contributed by atoms with van der Waals surface area (Å²) in [7, 11) is 1.73. The quantitative estimate of drug-likeness (QED) is 0.662. The highest BCUT2D eigenvalue weighted by Gasteiger charge is 2.26. The van der Waals surface area contributed by atoms with Gasteiger partial charge in [-0.15, -0.1) is 0 Å². The zero-order valence-electron chi connectivity index (χ0n) is 16.8. The van der Waals surface area contributed by atoms with Crippen molar-refractivity contribution < 1.29 is 18.8 Å². The summed E-state index contributed by atoms with van der Waals surface area (Å²) in [5.41, 5.74) is 2.65. The molecule has 0 unspecified atom stereocenters. The number of benzene rings is 2. The molecule has 0 saturated heterocycles. The van der Waals surface area contributed by atoms with Gasteiger partial charge in [-0.05, 0) is 36.4 Å². The molecule has 3 aromatic rings. The largest absolute Gasteiger partial charge is 0.323 e. The number of carbonyl (C=O) groups is 3. The highest BCUT2D eigenvalue weighted by atomic mass is 19.1. The Hall–Kier alpha value is -4.01. The molecule has 9 heteroatoms. The standard InChI is InChI=1S/C22H20FN5O3/c1-27-18(14-6-8-15(23)9-7-14)12-24-22(27)26-19(29)10-11-21(31)28-13-20(30)25-16-4-2-3-5-17(16)28/h2-9,12H,10-11,13H2,1H3,(H,25,30)(H,24,26,29). The van der Waals surface area contributed by atoms with Crippen LogP contribution in [0.5, 0.6) is 0 Å². The van der Waals surface area contributed by atoms with Gasteiger partial charge < -0.3 is 14.8 Å². The van der Waals surface area contributed by atoms with Crippen molar-refractivity contribution in [1.29, 1.82) is 0 Å². The molecule has 0 atom stereocenters. The molecule has 0 radical (unpaired) electrons. The van der Waals surface area contributed by atoms with Crippen LogP contribution in [0.15, 0.2) is 54.7 Å². The van der Waals surface area contributed by atoms with E-state index in [1.54, 1.807) is 54.2 Å². The molecule has 1 aliphatic heterocycles.